The van der Waals surface area contributed by atoms with Crippen LogP contribution in [0.25, 0.3) is 0 Å². The van der Waals surface area contributed by atoms with Crippen molar-refractivity contribution >= 4 is 17.7 Å². The minimum atomic E-state index is -0.504. The number of ketones is 1. The lowest BCUT2D eigenvalue weighted by Gasteiger charge is -2.30. The van der Waals surface area contributed by atoms with Crippen molar-refractivity contribution in [3.05, 3.63) is 108 Å². The Morgan fingerprint density at radius 3 is 1.91 bits per heavy atom. The van der Waals surface area contributed by atoms with Crippen molar-refractivity contribution < 1.29 is 23.9 Å². The van der Waals surface area contributed by atoms with Crippen molar-refractivity contribution in [3.8, 4) is 0 Å². The standard InChI is InChI=1S/C29H29NO5/c1-21(31)17-26-27(35-29(33)24-15-9-4-10-16-24)18-25(30(26)19-22-11-5-2-6-12-22)20-34-28(32)23-13-7-3-8-14-23/h2-16,25-27H,17-20H2,1H3/t25-,26+,27-/m0/s1. The molecular formula is C29H29NO5. The molecule has 3 atom stereocenters. The number of benzene rings is 3. The third-order valence-electron chi connectivity index (χ3n) is 6.22. The monoisotopic (exact) mass is 471 g/mol. The molecule has 0 N–H and O–H groups in total. The van der Waals surface area contributed by atoms with Crippen molar-refractivity contribution in [3.63, 3.8) is 0 Å². The summed E-state index contributed by atoms with van der Waals surface area (Å²) in [5, 5.41) is 0. The summed E-state index contributed by atoms with van der Waals surface area (Å²) >= 11 is 0. The molecule has 0 saturated carbocycles. The summed E-state index contributed by atoms with van der Waals surface area (Å²) in [7, 11) is 0. The third-order valence-corrected chi connectivity index (χ3v) is 6.22. The molecule has 6 nitrogen and oxygen atoms in total. The van der Waals surface area contributed by atoms with E-state index in [0.717, 1.165) is 5.56 Å². The molecule has 0 bridgehead atoms. The molecule has 0 spiro atoms. The third kappa shape index (κ3) is 6.43. The van der Waals surface area contributed by atoms with E-state index in [0.29, 0.717) is 24.1 Å². The van der Waals surface area contributed by atoms with Gasteiger partial charge >= 0.3 is 11.9 Å². The van der Waals surface area contributed by atoms with Crippen molar-refractivity contribution in [2.24, 2.45) is 0 Å². The van der Waals surface area contributed by atoms with Gasteiger partial charge in [0.2, 0.25) is 0 Å². The topological polar surface area (TPSA) is 72.9 Å². The molecule has 4 rings (SSSR count). The summed E-state index contributed by atoms with van der Waals surface area (Å²) in [6.45, 7) is 2.22. The Labute approximate surface area is 205 Å². The number of hydrogen-bond donors (Lipinski definition) is 0. The van der Waals surface area contributed by atoms with E-state index in [1.54, 1.807) is 55.5 Å². The van der Waals surface area contributed by atoms with Gasteiger partial charge in [-0.15, -0.1) is 0 Å². The molecule has 1 aliphatic rings. The van der Waals surface area contributed by atoms with Gasteiger partial charge in [-0.05, 0) is 36.8 Å². The lowest BCUT2D eigenvalue weighted by Crippen LogP contribution is -2.42. The Hall–Kier alpha value is -3.77. The SMILES string of the molecule is CC(=O)C[C@@H]1[C@@H](OC(=O)c2ccccc2)C[C@@H](COC(=O)c2ccccc2)N1Cc1ccccc1. The first-order chi connectivity index (χ1) is 17.0. The number of ether oxygens (including phenoxy) is 2. The van der Waals surface area contributed by atoms with E-state index in [2.05, 4.69) is 4.90 Å². The lowest BCUT2D eigenvalue weighted by atomic mass is 10.0. The zero-order chi connectivity index (χ0) is 24.6. The van der Waals surface area contributed by atoms with Gasteiger partial charge in [-0.3, -0.25) is 9.69 Å². The van der Waals surface area contributed by atoms with Crippen LogP contribution in [0.2, 0.25) is 0 Å². The van der Waals surface area contributed by atoms with Crippen molar-refractivity contribution in [1.29, 1.82) is 0 Å². The maximum Gasteiger partial charge on any atom is 0.338 e. The molecule has 3 aromatic rings. The smallest absolute Gasteiger partial charge is 0.338 e. The second-order valence-corrected chi connectivity index (χ2v) is 8.80. The summed E-state index contributed by atoms with van der Waals surface area (Å²) in [4.78, 5) is 39.8. The summed E-state index contributed by atoms with van der Waals surface area (Å²) in [6, 6.07) is 27.0. The molecule has 1 saturated heterocycles. The van der Waals surface area contributed by atoms with E-state index < -0.39 is 18.0 Å². The molecule has 0 aliphatic carbocycles. The number of esters is 2. The van der Waals surface area contributed by atoms with Gasteiger partial charge in [-0.25, -0.2) is 9.59 Å². The highest BCUT2D eigenvalue weighted by atomic mass is 16.5. The number of hydrogen-bond acceptors (Lipinski definition) is 6. The summed E-state index contributed by atoms with van der Waals surface area (Å²) < 4.78 is 11.6. The van der Waals surface area contributed by atoms with Gasteiger partial charge in [-0.2, -0.15) is 0 Å². The number of carbonyl (C=O) groups excluding carboxylic acids is 3. The Morgan fingerprint density at radius 1 is 0.800 bits per heavy atom. The van der Waals surface area contributed by atoms with Crippen molar-refractivity contribution in [2.75, 3.05) is 6.61 Å². The van der Waals surface area contributed by atoms with E-state index in [-0.39, 0.29) is 30.9 Å². The minimum absolute atomic E-state index is 0.00996. The van der Waals surface area contributed by atoms with Gasteiger partial charge in [0.25, 0.3) is 0 Å². The molecule has 1 heterocycles. The quantitative estimate of drug-likeness (QED) is 0.422. The lowest BCUT2D eigenvalue weighted by molar-refractivity contribution is -0.119. The van der Waals surface area contributed by atoms with E-state index in [1.165, 1.54) is 0 Å². The average molecular weight is 472 g/mol. The highest BCUT2D eigenvalue weighted by molar-refractivity contribution is 5.90. The van der Waals surface area contributed by atoms with Gasteiger partial charge in [0, 0.05) is 25.4 Å². The second kappa shape index (κ2) is 11.6. The van der Waals surface area contributed by atoms with Gasteiger partial charge in [-0.1, -0.05) is 66.7 Å². The highest BCUT2D eigenvalue weighted by Crippen LogP contribution is 2.32. The summed E-state index contributed by atoms with van der Waals surface area (Å²) in [5.41, 5.74) is 2.01. The van der Waals surface area contributed by atoms with E-state index in [4.69, 9.17) is 9.47 Å². The van der Waals surface area contributed by atoms with Crippen LogP contribution in [0.5, 0.6) is 0 Å². The largest absolute Gasteiger partial charge is 0.460 e. The zero-order valence-electron chi connectivity index (χ0n) is 19.7. The van der Waals surface area contributed by atoms with Gasteiger partial charge in [0.05, 0.1) is 17.2 Å². The fraction of sp³-hybridized carbons (Fsp3) is 0.276. The molecule has 35 heavy (non-hydrogen) atoms. The first-order valence-corrected chi connectivity index (χ1v) is 11.8. The number of Topliss-reactive ketones (excluding diaryl/α,β-unsaturated/α-hetero) is 1. The molecule has 3 aromatic carbocycles. The van der Waals surface area contributed by atoms with Crippen LogP contribution < -0.4 is 0 Å². The van der Waals surface area contributed by atoms with Crippen LogP contribution in [-0.2, 0) is 20.8 Å². The number of rotatable bonds is 9. The van der Waals surface area contributed by atoms with Crippen LogP contribution in [0.3, 0.4) is 0 Å². The molecule has 0 amide bonds. The first kappa shape index (κ1) is 24.4. The van der Waals surface area contributed by atoms with Gasteiger partial charge < -0.3 is 9.47 Å². The predicted molar refractivity (Wildman–Crippen MR) is 132 cm³/mol. The van der Waals surface area contributed by atoms with Crippen molar-refractivity contribution in [2.45, 2.75) is 44.5 Å². The Bertz CT molecular complexity index is 1130. The van der Waals surface area contributed by atoms with E-state index >= 15 is 0 Å². The van der Waals surface area contributed by atoms with Crippen LogP contribution in [0.15, 0.2) is 91.0 Å². The van der Waals surface area contributed by atoms with E-state index in [9.17, 15) is 14.4 Å². The maximum atomic E-state index is 12.8. The molecular weight excluding hydrogens is 442 g/mol. The molecule has 6 heteroatoms. The highest BCUT2D eigenvalue weighted by Gasteiger charge is 2.44. The van der Waals surface area contributed by atoms with Gasteiger partial charge in [0.15, 0.2) is 0 Å². The molecule has 0 unspecified atom stereocenters. The van der Waals surface area contributed by atoms with Crippen LogP contribution in [0.4, 0.5) is 0 Å². The molecule has 1 aliphatic heterocycles. The fourth-order valence-corrected chi connectivity index (χ4v) is 4.53. The molecule has 0 aromatic heterocycles. The Morgan fingerprint density at radius 2 is 1.34 bits per heavy atom. The second-order valence-electron chi connectivity index (χ2n) is 8.80. The normalized spacial score (nSPS) is 19.7. The first-order valence-electron chi connectivity index (χ1n) is 11.8. The molecule has 180 valence electrons. The summed E-state index contributed by atoms with van der Waals surface area (Å²) in [5.74, 6) is -0.820. The predicted octanol–water partition coefficient (Wildman–Crippen LogP) is 4.69. The van der Waals surface area contributed by atoms with Crippen LogP contribution in [0, 0.1) is 0 Å². The number of carbonyl (C=O) groups is 3. The van der Waals surface area contributed by atoms with Crippen LogP contribution in [-0.4, -0.2) is 47.4 Å². The average Bonchev–Trinajstić information content (AvgIpc) is 3.19. The molecule has 1 fully saturated rings. The maximum absolute atomic E-state index is 12.8. The van der Waals surface area contributed by atoms with E-state index in [1.807, 2.05) is 42.5 Å². The Balaban J connectivity index is 1.55. The summed E-state index contributed by atoms with van der Waals surface area (Å²) in [6.07, 6.45) is 0.199. The van der Waals surface area contributed by atoms with Crippen molar-refractivity contribution in [1.82, 2.24) is 4.90 Å². The van der Waals surface area contributed by atoms with Gasteiger partial charge in [0.1, 0.15) is 18.5 Å². The number of likely N-dealkylation sites (tertiary alicyclic amines) is 1. The van der Waals surface area contributed by atoms with Crippen LogP contribution in [0.1, 0.15) is 46.0 Å². The number of nitrogens with zero attached hydrogens (tertiary/aromatic N) is 1. The molecule has 0 radical (unpaired) electrons. The minimum Gasteiger partial charge on any atom is -0.460 e. The van der Waals surface area contributed by atoms with Crippen LogP contribution >= 0.6 is 0 Å². The Kier molecular flexibility index (Phi) is 8.06. The zero-order valence-corrected chi connectivity index (χ0v) is 19.7. The fourth-order valence-electron chi connectivity index (χ4n) is 4.53.